The van der Waals surface area contributed by atoms with Gasteiger partial charge in [0, 0.05) is 13.0 Å². The van der Waals surface area contributed by atoms with Crippen LogP contribution in [0.5, 0.6) is 0 Å². The largest absolute Gasteiger partial charge is 0.444 e. The van der Waals surface area contributed by atoms with Crippen molar-refractivity contribution in [2.45, 2.75) is 64.5 Å². The second-order valence-electron chi connectivity index (χ2n) is 7.69. The fourth-order valence-electron chi connectivity index (χ4n) is 3.18. The Morgan fingerprint density at radius 2 is 2.00 bits per heavy atom. The van der Waals surface area contributed by atoms with E-state index in [0.29, 0.717) is 0 Å². The van der Waals surface area contributed by atoms with Crippen LogP contribution in [-0.4, -0.2) is 53.8 Å². The minimum Gasteiger partial charge on any atom is -0.444 e. The number of hydrogen-bond acceptors (Lipinski definition) is 4. The number of benzene rings is 1. The van der Waals surface area contributed by atoms with E-state index in [9.17, 15) is 18.4 Å². The van der Waals surface area contributed by atoms with Crippen LogP contribution in [0, 0.1) is 5.82 Å². The second kappa shape index (κ2) is 9.18. The number of carbonyl (C=O) groups is 2. The van der Waals surface area contributed by atoms with Crippen LogP contribution in [-0.2, 0) is 20.7 Å². The molecule has 1 heterocycles. The molecule has 8 heteroatoms. The summed E-state index contributed by atoms with van der Waals surface area (Å²) in [5.74, 6) is -0.999. The molecule has 1 aromatic rings. The molecule has 3 atom stereocenters. The maximum atomic E-state index is 14.5. The standard InChI is InChI=1S/C20H26ClF2NO4/c1-5-27-18-14(22)11-24(19(26)28-20(2,3)4)17(18)15(25)10-9-12-7-6-8-13(21)16(12)23/h6-8,14,17-18H,5,9-11H2,1-4H3/t14-,17+,18+/m0/s1. The Morgan fingerprint density at radius 3 is 2.61 bits per heavy atom. The number of hydrogen-bond donors (Lipinski definition) is 0. The maximum absolute atomic E-state index is 14.5. The Hall–Kier alpha value is -1.73. The topological polar surface area (TPSA) is 55.8 Å². The number of carbonyl (C=O) groups excluding carboxylic acids is 2. The quantitative estimate of drug-likeness (QED) is 0.690. The Labute approximate surface area is 168 Å². The second-order valence-corrected chi connectivity index (χ2v) is 8.10. The fourth-order valence-corrected chi connectivity index (χ4v) is 3.38. The Bertz CT molecular complexity index is 723. The van der Waals surface area contributed by atoms with Gasteiger partial charge in [-0.2, -0.15) is 0 Å². The molecule has 0 spiro atoms. The summed E-state index contributed by atoms with van der Waals surface area (Å²) in [6, 6.07) is 3.43. The van der Waals surface area contributed by atoms with Crippen molar-refractivity contribution in [2.75, 3.05) is 13.2 Å². The number of halogens is 3. The minimum atomic E-state index is -1.51. The van der Waals surface area contributed by atoms with Crippen LogP contribution >= 0.6 is 11.6 Å². The summed E-state index contributed by atoms with van der Waals surface area (Å²) in [5, 5.41) is -0.0304. The van der Waals surface area contributed by atoms with Gasteiger partial charge in [-0.05, 0) is 45.7 Å². The van der Waals surface area contributed by atoms with Crippen LogP contribution in [0.1, 0.15) is 39.7 Å². The number of alkyl halides is 1. The number of amides is 1. The first kappa shape index (κ1) is 22.6. The summed E-state index contributed by atoms with van der Waals surface area (Å²) >= 11 is 5.77. The van der Waals surface area contributed by atoms with Gasteiger partial charge in [0.25, 0.3) is 0 Å². The van der Waals surface area contributed by atoms with Gasteiger partial charge in [-0.1, -0.05) is 23.7 Å². The van der Waals surface area contributed by atoms with E-state index < -0.39 is 41.6 Å². The molecule has 0 radical (unpaired) electrons. The first-order chi connectivity index (χ1) is 13.0. The van der Waals surface area contributed by atoms with Crippen LogP contribution in [0.2, 0.25) is 5.02 Å². The number of Topliss-reactive ketones (excluding diaryl/α,β-unsaturated/α-hetero) is 1. The highest BCUT2D eigenvalue weighted by Gasteiger charge is 2.49. The number of likely N-dealkylation sites (tertiary alicyclic amines) is 1. The van der Waals surface area contributed by atoms with Gasteiger partial charge in [0.2, 0.25) is 0 Å². The smallest absolute Gasteiger partial charge is 0.411 e. The van der Waals surface area contributed by atoms with Gasteiger partial charge in [-0.25, -0.2) is 13.6 Å². The Balaban J connectivity index is 2.18. The van der Waals surface area contributed by atoms with Gasteiger partial charge in [-0.3, -0.25) is 9.69 Å². The normalized spacial score (nSPS) is 22.4. The van der Waals surface area contributed by atoms with Crippen LogP contribution in [0.25, 0.3) is 0 Å². The number of aryl methyl sites for hydroxylation is 1. The van der Waals surface area contributed by atoms with E-state index in [1.165, 1.54) is 12.1 Å². The van der Waals surface area contributed by atoms with Gasteiger partial charge in [0.15, 0.2) is 5.78 Å². The predicted molar refractivity (Wildman–Crippen MR) is 102 cm³/mol. The van der Waals surface area contributed by atoms with Crippen LogP contribution in [0.4, 0.5) is 13.6 Å². The van der Waals surface area contributed by atoms with Crippen molar-refractivity contribution in [3.63, 3.8) is 0 Å². The Morgan fingerprint density at radius 1 is 1.32 bits per heavy atom. The van der Waals surface area contributed by atoms with Gasteiger partial charge in [0.1, 0.15) is 29.7 Å². The van der Waals surface area contributed by atoms with Gasteiger partial charge in [0.05, 0.1) is 11.6 Å². The first-order valence-corrected chi connectivity index (χ1v) is 9.63. The summed E-state index contributed by atoms with van der Waals surface area (Å²) in [4.78, 5) is 26.4. The highest BCUT2D eigenvalue weighted by Crippen LogP contribution is 2.28. The zero-order valence-electron chi connectivity index (χ0n) is 16.5. The fraction of sp³-hybridized carbons (Fsp3) is 0.600. The maximum Gasteiger partial charge on any atom is 0.411 e. The molecule has 0 unspecified atom stereocenters. The van der Waals surface area contributed by atoms with Crippen LogP contribution < -0.4 is 0 Å². The molecule has 0 saturated carbocycles. The van der Waals surface area contributed by atoms with Crippen molar-refractivity contribution in [1.82, 2.24) is 4.90 Å². The van der Waals surface area contributed by atoms with Crippen molar-refractivity contribution in [2.24, 2.45) is 0 Å². The molecular weight excluding hydrogens is 392 g/mol. The zero-order chi connectivity index (χ0) is 21.1. The van der Waals surface area contributed by atoms with Crippen LogP contribution in [0.15, 0.2) is 18.2 Å². The Kier molecular flexibility index (Phi) is 7.39. The van der Waals surface area contributed by atoms with E-state index in [2.05, 4.69) is 0 Å². The highest BCUT2D eigenvalue weighted by atomic mass is 35.5. The van der Waals surface area contributed by atoms with Gasteiger partial charge >= 0.3 is 6.09 Å². The molecular formula is C20H26ClF2NO4. The molecule has 0 N–H and O–H groups in total. The molecule has 156 valence electrons. The minimum absolute atomic E-state index is 0.0304. The van der Waals surface area contributed by atoms with E-state index in [1.54, 1.807) is 33.8 Å². The third-order valence-electron chi connectivity index (χ3n) is 4.36. The summed E-state index contributed by atoms with van der Waals surface area (Å²) in [7, 11) is 0. The molecule has 5 nitrogen and oxygen atoms in total. The van der Waals surface area contributed by atoms with Crippen molar-refractivity contribution in [3.05, 3.63) is 34.6 Å². The molecule has 28 heavy (non-hydrogen) atoms. The molecule has 1 saturated heterocycles. The third kappa shape index (κ3) is 5.41. The molecule has 1 amide bonds. The predicted octanol–water partition coefficient (Wildman–Crippen LogP) is 4.34. The number of rotatable bonds is 6. The van der Waals surface area contributed by atoms with Gasteiger partial charge in [-0.15, -0.1) is 0 Å². The molecule has 2 rings (SSSR count). The summed E-state index contributed by atoms with van der Waals surface area (Å²) in [6.07, 6.45) is -3.36. The van der Waals surface area contributed by atoms with E-state index in [-0.39, 0.29) is 36.6 Å². The van der Waals surface area contributed by atoms with E-state index in [4.69, 9.17) is 21.1 Å². The number of ketones is 1. The lowest BCUT2D eigenvalue weighted by Gasteiger charge is -2.29. The van der Waals surface area contributed by atoms with E-state index in [0.717, 1.165) is 4.90 Å². The number of nitrogens with zero attached hydrogens (tertiary/aromatic N) is 1. The highest BCUT2D eigenvalue weighted by molar-refractivity contribution is 6.30. The lowest BCUT2D eigenvalue weighted by molar-refractivity contribution is -0.127. The van der Waals surface area contributed by atoms with Crippen molar-refractivity contribution < 1.29 is 27.8 Å². The lowest BCUT2D eigenvalue weighted by Crippen LogP contribution is -2.48. The molecule has 0 aliphatic carbocycles. The third-order valence-corrected chi connectivity index (χ3v) is 4.66. The van der Waals surface area contributed by atoms with Crippen molar-refractivity contribution >= 4 is 23.5 Å². The van der Waals surface area contributed by atoms with Crippen molar-refractivity contribution in [3.8, 4) is 0 Å². The van der Waals surface area contributed by atoms with Gasteiger partial charge < -0.3 is 9.47 Å². The van der Waals surface area contributed by atoms with Crippen molar-refractivity contribution in [1.29, 1.82) is 0 Å². The monoisotopic (exact) mass is 417 g/mol. The van der Waals surface area contributed by atoms with E-state index >= 15 is 0 Å². The summed E-state index contributed by atoms with van der Waals surface area (Å²) < 4.78 is 39.3. The SMILES string of the molecule is CCO[C@H]1[C@@H](C(=O)CCc2cccc(Cl)c2F)N(C(=O)OC(C)(C)C)C[C@@H]1F. The molecule has 1 aliphatic heterocycles. The zero-order valence-corrected chi connectivity index (χ0v) is 17.3. The number of ether oxygens (including phenoxy) is 2. The van der Waals surface area contributed by atoms with E-state index in [1.807, 2.05) is 0 Å². The molecule has 0 aromatic heterocycles. The lowest BCUT2D eigenvalue weighted by atomic mass is 9.99. The average Bonchev–Trinajstić information content (AvgIpc) is 2.92. The van der Waals surface area contributed by atoms with Crippen LogP contribution in [0.3, 0.4) is 0 Å². The molecule has 1 aliphatic rings. The molecule has 1 fully saturated rings. The first-order valence-electron chi connectivity index (χ1n) is 9.26. The average molecular weight is 418 g/mol. The summed E-state index contributed by atoms with van der Waals surface area (Å²) in [6.45, 7) is 6.65. The molecule has 0 bridgehead atoms. The molecule has 1 aromatic carbocycles. The summed E-state index contributed by atoms with van der Waals surface area (Å²) in [5.41, 5.74) is -0.503.